The van der Waals surface area contributed by atoms with E-state index in [0.29, 0.717) is 5.41 Å². The first-order chi connectivity index (χ1) is 8.29. The molecule has 17 heavy (non-hydrogen) atoms. The SMILES string of the molecule is CCC1(CNC2CCC23CCCCC3)CCC1. The Kier molecular flexibility index (Phi) is 3.23. The van der Waals surface area contributed by atoms with Crippen LogP contribution in [-0.2, 0) is 0 Å². The van der Waals surface area contributed by atoms with Gasteiger partial charge in [0.1, 0.15) is 0 Å². The van der Waals surface area contributed by atoms with Crippen molar-refractivity contribution in [3.8, 4) is 0 Å². The van der Waals surface area contributed by atoms with E-state index >= 15 is 0 Å². The Morgan fingerprint density at radius 1 is 0.941 bits per heavy atom. The molecule has 0 aromatic carbocycles. The number of hydrogen-bond acceptors (Lipinski definition) is 1. The summed E-state index contributed by atoms with van der Waals surface area (Å²) < 4.78 is 0. The van der Waals surface area contributed by atoms with E-state index in [1.54, 1.807) is 0 Å². The van der Waals surface area contributed by atoms with Gasteiger partial charge in [0.2, 0.25) is 0 Å². The molecule has 1 nitrogen and oxygen atoms in total. The Balaban J connectivity index is 1.52. The van der Waals surface area contributed by atoms with Crippen molar-refractivity contribution < 1.29 is 0 Å². The van der Waals surface area contributed by atoms with Crippen LogP contribution in [0.25, 0.3) is 0 Å². The highest BCUT2D eigenvalue weighted by molar-refractivity contribution is 5.02. The first-order valence-electron chi connectivity index (χ1n) is 8.02. The Bertz CT molecular complexity index is 255. The van der Waals surface area contributed by atoms with Crippen LogP contribution >= 0.6 is 0 Å². The molecule has 1 atom stereocenters. The molecule has 3 fully saturated rings. The third kappa shape index (κ3) is 2.05. The van der Waals surface area contributed by atoms with Crippen LogP contribution in [0.2, 0.25) is 0 Å². The highest BCUT2D eigenvalue weighted by Gasteiger charge is 2.47. The van der Waals surface area contributed by atoms with Gasteiger partial charge in [-0.3, -0.25) is 0 Å². The van der Waals surface area contributed by atoms with E-state index in [1.165, 1.54) is 77.2 Å². The van der Waals surface area contributed by atoms with Gasteiger partial charge < -0.3 is 5.32 Å². The Morgan fingerprint density at radius 2 is 1.71 bits per heavy atom. The maximum atomic E-state index is 3.97. The fraction of sp³-hybridized carbons (Fsp3) is 1.00. The number of nitrogens with one attached hydrogen (secondary N) is 1. The van der Waals surface area contributed by atoms with Crippen molar-refractivity contribution in [2.24, 2.45) is 10.8 Å². The van der Waals surface area contributed by atoms with Gasteiger partial charge >= 0.3 is 0 Å². The van der Waals surface area contributed by atoms with E-state index in [9.17, 15) is 0 Å². The van der Waals surface area contributed by atoms with Crippen LogP contribution in [0.3, 0.4) is 0 Å². The largest absolute Gasteiger partial charge is 0.313 e. The predicted octanol–water partition coefficient (Wildman–Crippen LogP) is 4.27. The molecule has 1 spiro atoms. The summed E-state index contributed by atoms with van der Waals surface area (Å²) in [5.41, 5.74) is 1.45. The molecule has 3 aliphatic carbocycles. The zero-order valence-electron chi connectivity index (χ0n) is 11.6. The average molecular weight is 235 g/mol. The molecule has 98 valence electrons. The molecule has 3 aliphatic rings. The molecule has 0 aromatic heterocycles. The summed E-state index contributed by atoms with van der Waals surface area (Å²) in [6, 6.07) is 0.881. The first-order valence-corrected chi connectivity index (χ1v) is 8.02. The lowest BCUT2D eigenvalue weighted by Gasteiger charge is -2.54. The second kappa shape index (κ2) is 4.57. The minimum atomic E-state index is 0.700. The lowest BCUT2D eigenvalue weighted by atomic mass is 9.57. The van der Waals surface area contributed by atoms with Gasteiger partial charge in [0.25, 0.3) is 0 Å². The summed E-state index contributed by atoms with van der Waals surface area (Å²) in [5, 5.41) is 3.97. The number of hydrogen-bond donors (Lipinski definition) is 1. The molecule has 0 heterocycles. The molecular weight excluding hydrogens is 206 g/mol. The molecule has 1 N–H and O–H groups in total. The smallest absolute Gasteiger partial charge is 0.0124 e. The van der Waals surface area contributed by atoms with E-state index in [2.05, 4.69) is 12.2 Å². The van der Waals surface area contributed by atoms with Gasteiger partial charge in [-0.15, -0.1) is 0 Å². The minimum absolute atomic E-state index is 0.700. The van der Waals surface area contributed by atoms with Crippen molar-refractivity contribution in [1.82, 2.24) is 5.32 Å². The Hall–Kier alpha value is -0.0400. The predicted molar refractivity (Wildman–Crippen MR) is 73.1 cm³/mol. The van der Waals surface area contributed by atoms with Crippen LogP contribution in [0.15, 0.2) is 0 Å². The highest BCUT2D eigenvalue weighted by atomic mass is 15.0. The molecule has 0 aromatic rings. The summed E-state index contributed by atoms with van der Waals surface area (Å²) in [6.45, 7) is 3.70. The van der Waals surface area contributed by atoms with Crippen molar-refractivity contribution in [3.05, 3.63) is 0 Å². The molecule has 0 bridgehead atoms. The fourth-order valence-corrected chi connectivity index (χ4v) is 4.54. The Labute approximate surface area is 107 Å². The van der Waals surface area contributed by atoms with Crippen molar-refractivity contribution in [2.45, 2.75) is 83.6 Å². The van der Waals surface area contributed by atoms with E-state index in [0.717, 1.165) is 11.5 Å². The topological polar surface area (TPSA) is 12.0 Å². The van der Waals surface area contributed by atoms with Gasteiger partial charge in [0.05, 0.1) is 0 Å². The van der Waals surface area contributed by atoms with Crippen LogP contribution in [0.5, 0.6) is 0 Å². The molecular formula is C16H29N. The summed E-state index contributed by atoms with van der Waals surface area (Å²) in [4.78, 5) is 0. The van der Waals surface area contributed by atoms with Gasteiger partial charge in [-0.25, -0.2) is 0 Å². The summed E-state index contributed by atoms with van der Waals surface area (Å²) in [5.74, 6) is 0. The maximum absolute atomic E-state index is 3.97. The van der Waals surface area contributed by atoms with Crippen molar-refractivity contribution >= 4 is 0 Å². The zero-order chi connectivity index (χ0) is 11.8. The Morgan fingerprint density at radius 3 is 2.18 bits per heavy atom. The molecule has 3 rings (SSSR count). The number of rotatable bonds is 4. The van der Waals surface area contributed by atoms with Crippen molar-refractivity contribution in [3.63, 3.8) is 0 Å². The van der Waals surface area contributed by atoms with E-state index in [4.69, 9.17) is 0 Å². The normalized spacial score (nSPS) is 34.1. The van der Waals surface area contributed by atoms with E-state index in [1.807, 2.05) is 0 Å². The average Bonchev–Trinajstić information content (AvgIpc) is 2.32. The summed E-state index contributed by atoms with van der Waals surface area (Å²) in [6.07, 6.45) is 16.3. The lowest BCUT2D eigenvalue weighted by Crippen LogP contribution is -2.57. The standard InChI is InChI=1S/C16H29N/c1-2-15(8-6-9-15)13-17-14-7-12-16(14)10-4-3-5-11-16/h14,17H,2-13H2,1H3. The van der Waals surface area contributed by atoms with Gasteiger partial charge in [0, 0.05) is 12.6 Å². The quantitative estimate of drug-likeness (QED) is 0.767. The van der Waals surface area contributed by atoms with Crippen molar-refractivity contribution in [2.75, 3.05) is 6.54 Å². The van der Waals surface area contributed by atoms with Gasteiger partial charge in [-0.2, -0.15) is 0 Å². The monoisotopic (exact) mass is 235 g/mol. The third-order valence-corrected chi connectivity index (χ3v) is 6.41. The molecule has 0 saturated heterocycles. The van der Waals surface area contributed by atoms with E-state index in [-0.39, 0.29) is 0 Å². The van der Waals surface area contributed by atoms with Crippen molar-refractivity contribution in [1.29, 1.82) is 0 Å². The van der Waals surface area contributed by atoms with Crippen LogP contribution in [0, 0.1) is 10.8 Å². The minimum Gasteiger partial charge on any atom is -0.313 e. The van der Waals surface area contributed by atoms with Gasteiger partial charge in [0.15, 0.2) is 0 Å². The zero-order valence-corrected chi connectivity index (χ0v) is 11.6. The molecule has 3 saturated carbocycles. The van der Waals surface area contributed by atoms with E-state index < -0.39 is 0 Å². The van der Waals surface area contributed by atoms with Gasteiger partial charge in [-0.05, 0) is 55.8 Å². The van der Waals surface area contributed by atoms with Gasteiger partial charge in [-0.1, -0.05) is 32.6 Å². The van der Waals surface area contributed by atoms with Crippen LogP contribution in [0.1, 0.15) is 77.6 Å². The molecule has 1 heteroatoms. The highest BCUT2D eigenvalue weighted by Crippen LogP contribution is 2.52. The molecule has 1 unspecified atom stereocenters. The maximum Gasteiger partial charge on any atom is 0.0124 e. The summed E-state index contributed by atoms with van der Waals surface area (Å²) in [7, 11) is 0. The fourth-order valence-electron chi connectivity index (χ4n) is 4.54. The second-order valence-corrected chi connectivity index (χ2v) is 7.10. The molecule has 0 amide bonds. The second-order valence-electron chi connectivity index (χ2n) is 7.10. The van der Waals surface area contributed by atoms with Crippen LogP contribution in [0.4, 0.5) is 0 Å². The third-order valence-electron chi connectivity index (χ3n) is 6.41. The van der Waals surface area contributed by atoms with Crippen LogP contribution in [-0.4, -0.2) is 12.6 Å². The first kappa shape index (κ1) is 12.0. The molecule has 0 aliphatic heterocycles. The molecule has 0 radical (unpaired) electrons. The summed E-state index contributed by atoms with van der Waals surface area (Å²) >= 11 is 0. The van der Waals surface area contributed by atoms with Crippen LogP contribution < -0.4 is 5.32 Å². The lowest BCUT2D eigenvalue weighted by molar-refractivity contribution is 0.00715.